The first-order chi connectivity index (χ1) is 7.54. The van der Waals surface area contributed by atoms with Crippen LogP contribution in [0.2, 0.25) is 0 Å². The second kappa shape index (κ2) is 3.48. The molecule has 0 saturated carbocycles. The molecule has 0 atom stereocenters. The van der Waals surface area contributed by atoms with Crippen LogP contribution in [-0.4, -0.2) is 22.7 Å². The monoisotopic (exact) mass is 222 g/mol. The van der Waals surface area contributed by atoms with Crippen LogP contribution < -0.4 is 10.2 Å². The van der Waals surface area contributed by atoms with Crippen molar-refractivity contribution in [3.8, 4) is 0 Å². The Morgan fingerprint density at radius 1 is 1.56 bits per heavy atom. The molecule has 0 spiro atoms. The summed E-state index contributed by atoms with van der Waals surface area (Å²) in [6.45, 7) is 0. The standard InChI is InChI=1S/C10H11N3O3/c1-12-5-6-8(13(12)2)4-7(10(15)16-3)11-9(6)14/h4-5H,1-3H3/p+1. The number of carbonyl (C=O) groups excluding carboxylic acids is 1. The fourth-order valence-electron chi connectivity index (χ4n) is 1.61. The predicted molar refractivity (Wildman–Crippen MR) is 56.1 cm³/mol. The van der Waals surface area contributed by atoms with E-state index in [9.17, 15) is 9.59 Å². The fraction of sp³-hybridized carbons (Fsp3) is 0.300. The Hall–Kier alpha value is -2.11. The van der Waals surface area contributed by atoms with Crippen molar-refractivity contribution in [2.75, 3.05) is 7.11 Å². The summed E-state index contributed by atoms with van der Waals surface area (Å²) >= 11 is 0. The number of carbonyl (C=O) groups is 1. The van der Waals surface area contributed by atoms with Crippen LogP contribution in [0.4, 0.5) is 0 Å². The molecule has 2 aromatic heterocycles. The van der Waals surface area contributed by atoms with Crippen molar-refractivity contribution in [2.45, 2.75) is 0 Å². The maximum Gasteiger partial charge on any atom is 0.354 e. The second-order valence-electron chi connectivity index (χ2n) is 3.53. The maximum absolute atomic E-state index is 11.7. The third-order valence-electron chi connectivity index (χ3n) is 2.59. The quantitative estimate of drug-likeness (QED) is 0.521. The van der Waals surface area contributed by atoms with Crippen LogP contribution in [0, 0.1) is 0 Å². The molecule has 0 aliphatic rings. The van der Waals surface area contributed by atoms with Crippen molar-refractivity contribution in [3.63, 3.8) is 0 Å². The maximum atomic E-state index is 11.7. The number of fused-ring (bicyclic) bond motifs is 1. The van der Waals surface area contributed by atoms with E-state index in [-0.39, 0.29) is 11.3 Å². The number of aromatic nitrogens is 3. The number of ether oxygens (including phenoxy) is 1. The Balaban J connectivity index is 2.80. The minimum Gasteiger partial charge on any atom is -0.464 e. The SMILES string of the molecule is COC(=O)c1cc2c(c[n+](C)n2C)c(=O)[nH]1. The number of esters is 1. The molecule has 2 heterocycles. The van der Waals surface area contributed by atoms with Gasteiger partial charge in [-0.05, 0) is 6.07 Å². The van der Waals surface area contributed by atoms with E-state index in [1.165, 1.54) is 7.11 Å². The molecule has 0 radical (unpaired) electrons. The first kappa shape index (κ1) is 10.4. The first-order valence-corrected chi connectivity index (χ1v) is 4.71. The number of rotatable bonds is 1. The molecule has 2 aromatic rings. The normalized spacial score (nSPS) is 10.7. The van der Waals surface area contributed by atoms with Crippen molar-refractivity contribution >= 4 is 16.9 Å². The Bertz CT molecular complexity index is 624. The molecule has 0 saturated heterocycles. The van der Waals surface area contributed by atoms with Gasteiger partial charge < -0.3 is 9.72 Å². The van der Waals surface area contributed by atoms with Crippen LogP contribution in [0.3, 0.4) is 0 Å². The van der Waals surface area contributed by atoms with Gasteiger partial charge in [-0.15, -0.1) is 4.68 Å². The summed E-state index contributed by atoms with van der Waals surface area (Å²) in [6.07, 6.45) is 1.70. The highest BCUT2D eigenvalue weighted by atomic mass is 16.5. The summed E-state index contributed by atoms with van der Waals surface area (Å²) in [5, 5.41) is 0.539. The van der Waals surface area contributed by atoms with Gasteiger partial charge in [0.15, 0.2) is 7.05 Å². The number of nitrogens with zero attached hydrogens (tertiary/aromatic N) is 2. The fourth-order valence-corrected chi connectivity index (χ4v) is 1.61. The van der Waals surface area contributed by atoms with Crippen LogP contribution in [0.15, 0.2) is 17.1 Å². The van der Waals surface area contributed by atoms with E-state index in [4.69, 9.17) is 0 Å². The number of methoxy groups -OCH3 is 1. The van der Waals surface area contributed by atoms with E-state index in [0.717, 1.165) is 0 Å². The lowest BCUT2D eigenvalue weighted by Gasteiger charge is -1.98. The summed E-state index contributed by atoms with van der Waals surface area (Å²) in [5.41, 5.74) is 0.544. The third kappa shape index (κ3) is 1.39. The number of pyridine rings is 1. The van der Waals surface area contributed by atoms with E-state index in [1.807, 2.05) is 14.1 Å². The zero-order valence-corrected chi connectivity index (χ0v) is 9.27. The molecule has 84 valence electrons. The number of hydrogen-bond acceptors (Lipinski definition) is 3. The van der Waals surface area contributed by atoms with E-state index < -0.39 is 5.97 Å². The van der Waals surface area contributed by atoms with Gasteiger partial charge in [0.1, 0.15) is 16.6 Å². The average Bonchev–Trinajstić information content (AvgIpc) is 2.56. The van der Waals surface area contributed by atoms with Gasteiger partial charge in [-0.1, -0.05) is 0 Å². The highest BCUT2D eigenvalue weighted by molar-refractivity contribution is 5.91. The Morgan fingerprint density at radius 3 is 2.88 bits per heavy atom. The zero-order valence-electron chi connectivity index (χ0n) is 9.27. The van der Waals surface area contributed by atoms with Crippen LogP contribution in [0.5, 0.6) is 0 Å². The zero-order chi connectivity index (χ0) is 11.9. The molecule has 0 fully saturated rings. The van der Waals surface area contributed by atoms with Gasteiger partial charge in [0.05, 0.1) is 14.2 Å². The molecule has 6 nitrogen and oxygen atoms in total. The summed E-state index contributed by atoms with van der Waals surface area (Å²) in [6, 6.07) is 1.60. The molecule has 0 aliphatic heterocycles. The van der Waals surface area contributed by atoms with E-state index >= 15 is 0 Å². The van der Waals surface area contributed by atoms with Gasteiger partial charge in [0.2, 0.25) is 6.20 Å². The minimum absolute atomic E-state index is 0.154. The summed E-state index contributed by atoms with van der Waals surface area (Å²) in [7, 11) is 4.90. The molecule has 0 unspecified atom stereocenters. The molecule has 1 N–H and O–H groups in total. The number of aromatic amines is 1. The molecule has 6 heteroatoms. The molecular formula is C10H12N3O3+. The third-order valence-corrected chi connectivity index (χ3v) is 2.59. The lowest BCUT2D eigenvalue weighted by molar-refractivity contribution is -0.748. The molecule has 2 rings (SSSR count). The molecule has 0 aromatic carbocycles. The van der Waals surface area contributed by atoms with Crippen molar-refractivity contribution in [1.29, 1.82) is 0 Å². The van der Waals surface area contributed by atoms with Gasteiger partial charge in [0.25, 0.3) is 5.56 Å². The Labute approximate surface area is 91.0 Å². The van der Waals surface area contributed by atoms with Crippen molar-refractivity contribution in [3.05, 3.63) is 28.3 Å². The largest absolute Gasteiger partial charge is 0.464 e. The van der Waals surface area contributed by atoms with Crippen LogP contribution >= 0.6 is 0 Å². The Kier molecular flexibility index (Phi) is 2.26. The number of nitrogens with one attached hydrogen (secondary N) is 1. The second-order valence-corrected chi connectivity index (χ2v) is 3.53. The van der Waals surface area contributed by atoms with Crippen molar-refractivity contribution < 1.29 is 14.2 Å². The predicted octanol–water partition coefficient (Wildman–Crippen LogP) is -0.522. The summed E-state index contributed by atoms with van der Waals surface area (Å²) < 4.78 is 8.10. The lowest BCUT2D eigenvalue weighted by Crippen LogP contribution is -2.36. The van der Waals surface area contributed by atoms with Gasteiger partial charge in [-0.3, -0.25) is 4.79 Å². The lowest BCUT2D eigenvalue weighted by atomic mass is 10.3. The summed E-state index contributed by atoms with van der Waals surface area (Å²) in [4.78, 5) is 25.5. The van der Waals surface area contributed by atoms with E-state index in [0.29, 0.717) is 10.9 Å². The van der Waals surface area contributed by atoms with Crippen LogP contribution in [-0.2, 0) is 18.8 Å². The Morgan fingerprint density at radius 2 is 2.25 bits per heavy atom. The highest BCUT2D eigenvalue weighted by Crippen LogP contribution is 2.08. The molecule has 0 amide bonds. The van der Waals surface area contributed by atoms with Crippen molar-refractivity contribution in [1.82, 2.24) is 9.67 Å². The van der Waals surface area contributed by atoms with Gasteiger partial charge >= 0.3 is 5.97 Å². The molecule has 0 bridgehead atoms. The van der Waals surface area contributed by atoms with Crippen molar-refractivity contribution in [2.24, 2.45) is 14.1 Å². The topological polar surface area (TPSA) is 68.0 Å². The number of aryl methyl sites for hydroxylation is 2. The molecule has 0 aliphatic carbocycles. The van der Waals surface area contributed by atoms with Crippen LogP contribution in [0.25, 0.3) is 10.9 Å². The number of hydrogen-bond donors (Lipinski definition) is 1. The minimum atomic E-state index is -0.553. The smallest absolute Gasteiger partial charge is 0.354 e. The first-order valence-electron chi connectivity index (χ1n) is 4.71. The summed E-state index contributed by atoms with van der Waals surface area (Å²) in [5.74, 6) is -0.553. The average molecular weight is 222 g/mol. The number of H-pyrrole nitrogens is 1. The van der Waals surface area contributed by atoms with E-state index in [1.54, 1.807) is 21.6 Å². The van der Waals surface area contributed by atoms with E-state index in [2.05, 4.69) is 9.72 Å². The van der Waals surface area contributed by atoms with Gasteiger partial charge in [-0.2, -0.15) is 4.68 Å². The molecule has 16 heavy (non-hydrogen) atoms. The van der Waals surface area contributed by atoms with Crippen LogP contribution in [0.1, 0.15) is 10.5 Å². The van der Waals surface area contributed by atoms with Gasteiger partial charge in [-0.25, -0.2) is 4.79 Å². The highest BCUT2D eigenvalue weighted by Gasteiger charge is 2.16. The van der Waals surface area contributed by atoms with Gasteiger partial charge in [0, 0.05) is 0 Å². The molecular weight excluding hydrogens is 210 g/mol.